The molecule has 2 N–H and O–H groups in total. The fourth-order valence-electron chi connectivity index (χ4n) is 1.69. The highest BCUT2D eigenvalue weighted by atomic mass is 35.5. The van der Waals surface area contributed by atoms with Gasteiger partial charge in [-0.15, -0.1) is 5.10 Å². The Morgan fingerprint density at radius 3 is 2.78 bits per heavy atom. The lowest BCUT2D eigenvalue weighted by Crippen LogP contribution is -2.18. The van der Waals surface area contributed by atoms with Gasteiger partial charge in [-0.1, -0.05) is 16.8 Å². The van der Waals surface area contributed by atoms with Crippen LogP contribution >= 0.6 is 11.6 Å². The molecule has 0 radical (unpaired) electrons. The van der Waals surface area contributed by atoms with Crippen molar-refractivity contribution in [3.05, 3.63) is 46.2 Å². The average Bonchev–Trinajstić information content (AvgIpc) is 2.81. The SMILES string of the molecule is CCn1nncc1C(N)c1cc(F)c(Cl)cc1F. The molecule has 0 saturated heterocycles. The molecular formula is C11H11ClF2N4. The zero-order valence-electron chi connectivity index (χ0n) is 9.57. The summed E-state index contributed by atoms with van der Waals surface area (Å²) < 4.78 is 28.6. The predicted molar refractivity (Wildman–Crippen MR) is 63.1 cm³/mol. The smallest absolute Gasteiger partial charge is 0.142 e. The van der Waals surface area contributed by atoms with Crippen molar-refractivity contribution < 1.29 is 8.78 Å². The van der Waals surface area contributed by atoms with Gasteiger partial charge in [0.15, 0.2) is 0 Å². The number of aryl methyl sites for hydroxylation is 1. The van der Waals surface area contributed by atoms with Crippen LogP contribution in [0.1, 0.15) is 24.2 Å². The molecule has 0 bridgehead atoms. The fourth-order valence-corrected chi connectivity index (χ4v) is 1.84. The van der Waals surface area contributed by atoms with Crippen LogP contribution in [-0.4, -0.2) is 15.0 Å². The molecule has 0 aliphatic carbocycles. The Morgan fingerprint density at radius 1 is 1.39 bits per heavy atom. The highest BCUT2D eigenvalue weighted by Crippen LogP contribution is 2.26. The average molecular weight is 273 g/mol. The molecule has 1 unspecified atom stereocenters. The van der Waals surface area contributed by atoms with Gasteiger partial charge in [0.2, 0.25) is 0 Å². The maximum Gasteiger partial charge on any atom is 0.142 e. The van der Waals surface area contributed by atoms with E-state index in [0.717, 1.165) is 12.1 Å². The first-order valence-electron chi connectivity index (χ1n) is 5.33. The van der Waals surface area contributed by atoms with Crippen LogP contribution in [0.4, 0.5) is 8.78 Å². The molecule has 1 aromatic heterocycles. The van der Waals surface area contributed by atoms with Crippen molar-refractivity contribution in [3.63, 3.8) is 0 Å². The van der Waals surface area contributed by atoms with Crippen LogP contribution in [0.3, 0.4) is 0 Å². The Kier molecular flexibility index (Phi) is 3.58. The van der Waals surface area contributed by atoms with Crippen molar-refractivity contribution in [3.8, 4) is 0 Å². The number of aromatic nitrogens is 3. The van der Waals surface area contributed by atoms with Gasteiger partial charge in [0.05, 0.1) is 23.0 Å². The fraction of sp³-hybridized carbons (Fsp3) is 0.273. The van der Waals surface area contributed by atoms with Crippen molar-refractivity contribution in [2.24, 2.45) is 5.73 Å². The molecular weight excluding hydrogens is 262 g/mol. The molecule has 2 aromatic rings. The molecule has 0 fully saturated rings. The summed E-state index contributed by atoms with van der Waals surface area (Å²) in [6, 6.07) is 1.06. The van der Waals surface area contributed by atoms with Gasteiger partial charge in [0, 0.05) is 12.1 Å². The zero-order chi connectivity index (χ0) is 13.3. The summed E-state index contributed by atoms with van der Waals surface area (Å²) in [4.78, 5) is 0. The van der Waals surface area contributed by atoms with E-state index in [9.17, 15) is 8.78 Å². The van der Waals surface area contributed by atoms with Crippen LogP contribution in [0.25, 0.3) is 0 Å². The Hall–Kier alpha value is -1.53. The van der Waals surface area contributed by atoms with Crippen LogP contribution in [-0.2, 0) is 6.54 Å². The Balaban J connectivity index is 2.46. The van der Waals surface area contributed by atoms with E-state index in [2.05, 4.69) is 10.3 Å². The molecule has 2 rings (SSSR count). The van der Waals surface area contributed by atoms with Crippen molar-refractivity contribution in [2.75, 3.05) is 0 Å². The van der Waals surface area contributed by atoms with Gasteiger partial charge >= 0.3 is 0 Å². The Labute approximate surface area is 107 Å². The second kappa shape index (κ2) is 4.99. The molecule has 0 spiro atoms. The van der Waals surface area contributed by atoms with Gasteiger partial charge in [0.1, 0.15) is 11.6 Å². The highest BCUT2D eigenvalue weighted by molar-refractivity contribution is 6.30. The summed E-state index contributed by atoms with van der Waals surface area (Å²) in [7, 11) is 0. The number of nitrogens with two attached hydrogens (primary N) is 1. The summed E-state index contributed by atoms with van der Waals surface area (Å²) in [5.74, 6) is -1.36. The van der Waals surface area contributed by atoms with Gasteiger partial charge in [0.25, 0.3) is 0 Å². The summed E-state index contributed by atoms with van der Waals surface area (Å²) in [5, 5.41) is 7.22. The third kappa shape index (κ3) is 2.21. The first-order valence-corrected chi connectivity index (χ1v) is 5.70. The summed E-state index contributed by atoms with van der Waals surface area (Å²) in [6.45, 7) is 2.39. The number of benzene rings is 1. The van der Waals surface area contributed by atoms with Crippen LogP contribution < -0.4 is 5.73 Å². The molecule has 0 aliphatic heterocycles. The van der Waals surface area contributed by atoms with Crippen molar-refractivity contribution >= 4 is 11.6 Å². The number of nitrogens with zero attached hydrogens (tertiary/aromatic N) is 3. The highest BCUT2D eigenvalue weighted by Gasteiger charge is 2.20. The van der Waals surface area contributed by atoms with Gasteiger partial charge in [-0.25, -0.2) is 13.5 Å². The van der Waals surface area contributed by atoms with E-state index in [1.807, 2.05) is 6.92 Å². The molecule has 1 aromatic carbocycles. The largest absolute Gasteiger partial charge is 0.319 e. The quantitative estimate of drug-likeness (QED) is 0.872. The monoisotopic (exact) mass is 272 g/mol. The van der Waals surface area contributed by atoms with Crippen molar-refractivity contribution in [1.82, 2.24) is 15.0 Å². The van der Waals surface area contributed by atoms with Gasteiger partial charge < -0.3 is 5.73 Å². The van der Waals surface area contributed by atoms with E-state index < -0.39 is 17.7 Å². The second-order valence-corrected chi connectivity index (χ2v) is 4.15. The van der Waals surface area contributed by atoms with E-state index in [-0.39, 0.29) is 10.6 Å². The predicted octanol–water partition coefficient (Wildman–Crippen LogP) is 2.28. The molecule has 18 heavy (non-hydrogen) atoms. The Morgan fingerprint density at radius 2 is 2.11 bits per heavy atom. The van der Waals surface area contributed by atoms with E-state index in [1.54, 1.807) is 0 Å². The third-order valence-electron chi connectivity index (χ3n) is 2.64. The number of halogens is 3. The minimum atomic E-state index is -0.841. The molecule has 1 atom stereocenters. The van der Waals surface area contributed by atoms with E-state index in [1.165, 1.54) is 10.9 Å². The molecule has 4 nitrogen and oxygen atoms in total. The molecule has 7 heteroatoms. The Bertz CT molecular complexity index is 570. The maximum absolute atomic E-state index is 13.7. The number of hydrogen-bond donors (Lipinski definition) is 1. The molecule has 1 heterocycles. The normalized spacial score (nSPS) is 12.7. The van der Waals surface area contributed by atoms with Crippen molar-refractivity contribution in [2.45, 2.75) is 19.5 Å². The van der Waals surface area contributed by atoms with Crippen LogP contribution in [0.5, 0.6) is 0 Å². The lowest BCUT2D eigenvalue weighted by molar-refractivity contribution is 0.550. The van der Waals surface area contributed by atoms with Crippen molar-refractivity contribution in [1.29, 1.82) is 0 Å². The molecule has 96 valence electrons. The minimum Gasteiger partial charge on any atom is -0.319 e. The number of hydrogen-bond acceptors (Lipinski definition) is 3. The summed E-state index contributed by atoms with van der Waals surface area (Å²) in [6.07, 6.45) is 1.43. The zero-order valence-corrected chi connectivity index (χ0v) is 10.3. The minimum absolute atomic E-state index is 0.0221. The van der Waals surface area contributed by atoms with Gasteiger partial charge in [-0.3, -0.25) is 0 Å². The third-order valence-corrected chi connectivity index (χ3v) is 2.93. The van der Waals surface area contributed by atoms with Gasteiger partial charge in [-0.2, -0.15) is 0 Å². The van der Waals surface area contributed by atoms with E-state index >= 15 is 0 Å². The first-order chi connectivity index (χ1) is 8.54. The molecule has 0 aliphatic rings. The standard InChI is InChI=1S/C11H11ClF2N4/c1-2-18-10(5-16-17-18)11(15)6-3-9(14)7(12)4-8(6)13/h3-5,11H,2,15H2,1H3. The lowest BCUT2D eigenvalue weighted by atomic mass is 10.0. The lowest BCUT2D eigenvalue weighted by Gasteiger charge is -2.14. The summed E-state index contributed by atoms with van der Waals surface area (Å²) in [5.41, 5.74) is 6.44. The van der Waals surface area contributed by atoms with Crippen LogP contribution in [0.2, 0.25) is 5.02 Å². The number of rotatable bonds is 3. The summed E-state index contributed by atoms with van der Waals surface area (Å²) >= 11 is 5.49. The second-order valence-electron chi connectivity index (χ2n) is 3.74. The van der Waals surface area contributed by atoms with E-state index in [0.29, 0.717) is 12.2 Å². The van der Waals surface area contributed by atoms with E-state index in [4.69, 9.17) is 17.3 Å². The molecule has 0 amide bonds. The van der Waals surface area contributed by atoms with Gasteiger partial charge in [-0.05, 0) is 19.1 Å². The first kappa shape index (κ1) is 12.9. The van der Waals surface area contributed by atoms with Crippen LogP contribution in [0.15, 0.2) is 18.3 Å². The molecule has 0 saturated carbocycles. The topological polar surface area (TPSA) is 56.7 Å². The van der Waals surface area contributed by atoms with Crippen LogP contribution in [0, 0.1) is 11.6 Å². The maximum atomic E-state index is 13.7.